The lowest BCUT2D eigenvalue weighted by molar-refractivity contribution is 0.269. The Morgan fingerprint density at radius 1 is 1.21 bits per heavy atom. The summed E-state index contributed by atoms with van der Waals surface area (Å²) in [5, 5.41) is 0. The van der Waals surface area contributed by atoms with E-state index in [0.29, 0.717) is 5.82 Å². The van der Waals surface area contributed by atoms with Gasteiger partial charge < -0.3 is 5.73 Å². The minimum Gasteiger partial charge on any atom is -0.384 e. The minimum absolute atomic E-state index is 0.0331. The van der Waals surface area contributed by atoms with Gasteiger partial charge in [-0.05, 0) is 37.8 Å². The van der Waals surface area contributed by atoms with Crippen LogP contribution in [0.1, 0.15) is 41.0 Å². The van der Waals surface area contributed by atoms with Crippen LogP contribution in [0.15, 0.2) is 23.2 Å². The summed E-state index contributed by atoms with van der Waals surface area (Å²) >= 11 is 0. The third-order valence-corrected chi connectivity index (χ3v) is 4.14. The van der Waals surface area contributed by atoms with Gasteiger partial charge in [-0.2, -0.15) is 0 Å². The third-order valence-electron chi connectivity index (χ3n) is 2.45. The van der Waals surface area contributed by atoms with Gasteiger partial charge in [0.2, 0.25) is 10.0 Å². The summed E-state index contributed by atoms with van der Waals surface area (Å²) in [4.78, 5) is 3.94. The molecule has 0 spiro atoms. The van der Waals surface area contributed by atoms with Gasteiger partial charge in [0.15, 0.2) is 0 Å². The second kappa shape index (κ2) is 5.09. The fourth-order valence-corrected chi connectivity index (χ4v) is 3.69. The Labute approximate surface area is 115 Å². The number of hydrogen-bond donors (Lipinski definition) is 2. The first kappa shape index (κ1) is 15.9. The fourth-order valence-electron chi connectivity index (χ4n) is 2.34. The van der Waals surface area contributed by atoms with Crippen LogP contribution < -0.4 is 10.5 Å². The molecule has 1 aromatic heterocycles. The van der Waals surface area contributed by atoms with Gasteiger partial charge in [-0.15, -0.1) is 0 Å². The number of pyridine rings is 1. The molecule has 6 heteroatoms. The van der Waals surface area contributed by atoms with Crippen molar-refractivity contribution in [3.05, 3.63) is 18.3 Å². The number of nitrogens with one attached hydrogen (secondary N) is 1. The molecule has 0 bridgehead atoms. The molecule has 0 radical (unpaired) electrons. The molecule has 0 fully saturated rings. The average Bonchev–Trinajstić information content (AvgIpc) is 2.11. The number of hydrogen-bond acceptors (Lipinski definition) is 4. The van der Waals surface area contributed by atoms with Crippen molar-refractivity contribution in [2.75, 3.05) is 5.73 Å². The highest BCUT2D eigenvalue weighted by Crippen LogP contribution is 2.28. The molecule has 0 saturated heterocycles. The molecule has 0 amide bonds. The fraction of sp³-hybridized carbons (Fsp3) is 0.615. The zero-order valence-corrected chi connectivity index (χ0v) is 13.0. The van der Waals surface area contributed by atoms with E-state index in [1.165, 1.54) is 18.3 Å². The maximum absolute atomic E-state index is 12.3. The Hall–Kier alpha value is -1.14. The summed E-state index contributed by atoms with van der Waals surface area (Å²) < 4.78 is 27.2. The van der Waals surface area contributed by atoms with E-state index in [1.54, 1.807) is 0 Å². The highest BCUT2D eigenvalue weighted by Gasteiger charge is 2.30. The molecule has 1 aromatic rings. The van der Waals surface area contributed by atoms with Crippen LogP contribution in [0.3, 0.4) is 0 Å². The summed E-state index contributed by atoms with van der Waals surface area (Å²) in [6.07, 6.45) is 1.99. The largest absolute Gasteiger partial charge is 0.384 e. The van der Waals surface area contributed by atoms with Crippen LogP contribution >= 0.6 is 0 Å². The Morgan fingerprint density at radius 2 is 1.79 bits per heavy atom. The molecular weight excluding hydrogens is 262 g/mol. The van der Waals surface area contributed by atoms with Gasteiger partial charge in [0.05, 0.1) is 0 Å². The first-order valence-corrected chi connectivity index (χ1v) is 7.65. The molecule has 0 aromatic carbocycles. The molecule has 1 rings (SSSR count). The Balaban J connectivity index is 2.94. The van der Waals surface area contributed by atoms with Crippen molar-refractivity contribution in [2.24, 2.45) is 5.41 Å². The average molecular weight is 285 g/mol. The molecule has 108 valence electrons. The Kier molecular flexibility index (Phi) is 4.27. The lowest BCUT2D eigenvalue weighted by atomic mass is 9.82. The van der Waals surface area contributed by atoms with E-state index >= 15 is 0 Å². The molecule has 19 heavy (non-hydrogen) atoms. The van der Waals surface area contributed by atoms with Crippen molar-refractivity contribution in [3.63, 3.8) is 0 Å². The van der Waals surface area contributed by atoms with E-state index in [9.17, 15) is 8.42 Å². The second-order valence-corrected chi connectivity index (χ2v) is 8.33. The van der Waals surface area contributed by atoms with Crippen LogP contribution in [-0.4, -0.2) is 18.9 Å². The predicted molar refractivity (Wildman–Crippen MR) is 77.1 cm³/mol. The molecule has 0 aliphatic rings. The number of nitrogens with two attached hydrogens (primary N) is 1. The summed E-state index contributed by atoms with van der Waals surface area (Å²) in [7, 11) is -3.58. The van der Waals surface area contributed by atoms with Crippen molar-refractivity contribution < 1.29 is 8.42 Å². The van der Waals surface area contributed by atoms with Gasteiger partial charge in [0, 0.05) is 11.7 Å². The van der Waals surface area contributed by atoms with Crippen LogP contribution in [-0.2, 0) is 10.0 Å². The number of nitrogen functional groups attached to an aromatic ring is 1. The normalized spacial score (nSPS) is 13.5. The van der Waals surface area contributed by atoms with Crippen molar-refractivity contribution >= 4 is 15.8 Å². The summed E-state index contributed by atoms with van der Waals surface area (Å²) in [5.74, 6) is 0.299. The Morgan fingerprint density at radius 3 is 2.21 bits per heavy atom. The highest BCUT2D eigenvalue weighted by molar-refractivity contribution is 7.89. The third kappa shape index (κ3) is 5.16. The molecule has 0 unspecified atom stereocenters. The predicted octanol–water partition coefficient (Wildman–Crippen LogP) is 2.16. The van der Waals surface area contributed by atoms with Gasteiger partial charge >= 0.3 is 0 Å². The molecule has 0 aliphatic carbocycles. The number of aromatic nitrogens is 1. The molecule has 1 heterocycles. The smallest absolute Gasteiger partial charge is 0.242 e. The maximum atomic E-state index is 12.3. The van der Waals surface area contributed by atoms with Gasteiger partial charge in [-0.1, -0.05) is 20.8 Å². The summed E-state index contributed by atoms with van der Waals surface area (Å²) in [6.45, 7) is 9.98. The zero-order chi connectivity index (χ0) is 14.9. The van der Waals surface area contributed by atoms with Crippen LogP contribution in [0.4, 0.5) is 5.82 Å². The lowest BCUT2D eigenvalue weighted by Crippen LogP contribution is -2.45. The van der Waals surface area contributed by atoms with E-state index < -0.39 is 15.6 Å². The second-order valence-electron chi connectivity index (χ2n) is 6.65. The Bertz CT molecular complexity index is 528. The molecular formula is C13H23N3O2S. The quantitative estimate of drug-likeness (QED) is 0.887. The molecule has 0 aliphatic heterocycles. The van der Waals surface area contributed by atoms with Gasteiger partial charge in [-0.3, -0.25) is 0 Å². The number of nitrogens with zero attached hydrogens (tertiary/aromatic N) is 1. The number of anilines is 1. The van der Waals surface area contributed by atoms with E-state index in [2.05, 4.69) is 30.5 Å². The van der Waals surface area contributed by atoms with Crippen LogP contribution in [0.25, 0.3) is 0 Å². The van der Waals surface area contributed by atoms with Crippen LogP contribution in [0.2, 0.25) is 0 Å². The lowest BCUT2D eigenvalue weighted by Gasteiger charge is -2.32. The number of sulfonamides is 1. The SMILES string of the molecule is CC(C)(C)CC(C)(C)NS(=O)(=O)c1ccc(N)nc1. The van der Waals surface area contributed by atoms with Crippen LogP contribution in [0.5, 0.6) is 0 Å². The van der Waals surface area contributed by atoms with Crippen molar-refractivity contribution in [2.45, 2.75) is 51.5 Å². The minimum atomic E-state index is -3.58. The van der Waals surface area contributed by atoms with Crippen LogP contribution in [0, 0.1) is 5.41 Å². The number of rotatable bonds is 4. The monoisotopic (exact) mass is 285 g/mol. The van der Waals surface area contributed by atoms with Gasteiger partial charge in [0.25, 0.3) is 0 Å². The van der Waals surface area contributed by atoms with E-state index in [0.717, 1.165) is 6.42 Å². The van der Waals surface area contributed by atoms with Crippen molar-refractivity contribution in [1.82, 2.24) is 9.71 Å². The van der Waals surface area contributed by atoms with Gasteiger partial charge in [-0.25, -0.2) is 18.1 Å². The molecule has 3 N–H and O–H groups in total. The maximum Gasteiger partial charge on any atom is 0.242 e. The van der Waals surface area contributed by atoms with Crippen molar-refractivity contribution in [1.29, 1.82) is 0 Å². The van der Waals surface area contributed by atoms with E-state index in [4.69, 9.17) is 5.73 Å². The van der Waals surface area contributed by atoms with Crippen molar-refractivity contribution in [3.8, 4) is 0 Å². The van der Waals surface area contributed by atoms with E-state index in [1.807, 2.05) is 13.8 Å². The topological polar surface area (TPSA) is 85.1 Å². The molecule has 5 nitrogen and oxygen atoms in total. The van der Waals surface area contributed by atoms with Gasteiger partial charge in [0.1, 0.15) is 10.7 Å². The standard InChI is InChI=1S/C13H23N3O2S/c1-12(2,3)9-13(4,5)16-19(17,18)10-6-7-11(14)15-8-10/h6-8,16H,9H2,1-5H3,(H2,14,15). The summed E-state index contributed by atoms with van der Waals surface area (Å²) in [6, 6.07) is 2.93. The molecule has 0 atom stereocenters. The highest BCUT2D eigenvalue weighted by atomic mass is 32.2. The first-order valence-electron chi connectivity index (χ1n) is 6.17. The summed E-state index contributed by atoms with van der Waals surface area (Å²) in [5.41, 5.74) is 4.96. The zero-order valence-electron chi connectivity index (χ0n) is 12.2. The molecule has 0 saturated carbocycles. The van der Waals surface area contributed by atoms with E-state index in [-0.39, 0.29) is 10.3 Å². The first-order chi connectivity index (χ1) is 8.41.